The molecule has 0 aromatic heterocycles. The van der Waals surface area contributed by atoms with E-state index in [1.54, 1.807) is 0 Å². The molecule has 5 nitrogen and oxygen atoms in total. The van der Waals surface area contributed by atoms with Crippen LogP contribution in [0.15, 0.2) is 24.3 Å². The number of likely N-dealkylation sites (N-methyl/N-ethyl adjacent to an activating group) is 1. The number of aliphatic hydroxyl groups excluding tert-OH is 1. The highest BCUT2D eigenvalue weighted by atomic mass is 19.4. The van der Waals surface area contributed by atoms with Crippen LogP contribution < -0.4 is 10.6 Å². The molecule has 1 aromatic rings. The number of alkyl halides is 3. The van der Waals surface area contributed by atoms with Crippen molar-refractivity contribution in [2.24, 2.45) is 0 Å². The van der Waals surface area contributed by atoms with Crippen LogP contribution in [0, 0.1) is 0 Å². The van der Waals surface area contributed by atoms with Gasteiger partial charge in [0.05, 0.1) is 17.7 Å². The summed E-state index contributed by atoms with van der Waals surface area (Å²) in [5.74, 6) is 0. The van der Waals surface area contributed by atoms with Crippen molar-refractivity contribution >= 4 is 11.7 Å². The second-order valence-electron chi connectivity index (χ2n) is 4.91. The number of halogens is 3. The lowest BCUT2D eigenvalue weighted by Gasteiger charge is -2.26. The van der Waals surface area contributed by atoms with Gasteiger partial charge in [0.2, 0.25) is 0 Å². The Morgan fingerprint density at radius 2 is 2.14 bits per heavy atom. The van der Waals surface area contributed by atoms with Gasteiger partial charge in [-0.15, -0.1) is 0 Å². The van der Waals surface area contributed by atoms with E-state index in [2.05, 4.69) is 10.6 Å². The molecule has 2 atom stereocenters. The molecule has 8 heteroatoms. The van der Waals surface area contributed by atoms with Crippen LogP contribution in [-0.4, -0.2) is 48.3 Å². The predicted molar refractivity (Wildman–Crippen MR) is 70.9 cm³/mol. The van der Waals surface area contributed by atoms with Crippen LogP contribution in [0.2, 0.25) is 0 Å². The van der Waals surface area contributed by atoms with E-state index in [4.69, 9.17) is 0 Å². The first-order valence-electron chi connectivity index (χ1n) is 6.39. The molecule has 0 saturated carbocycles. The van der Waals surface area contributed by atoms with Gasteiger partial charge in [-0.05, 0) is 18.2 Å². The number of aliphatic hydroxyl groups is 1. The molecule has 0 spiro atoms. The number of urea groups is 1. The van der Waals surface area contributed by atoms with Crippen LogP contribution >= 0.6 is 0 Å². The smallest absolute Gasteiger partial charge is 0.390 e. The number of hydrogen-bond donors (Lipinski definition) is 3. The molecule has 1 heterocycles. The van der Waals surface area contributed by atoms with E-state index in [-0.39, 0.29) is 5.69 Å². The highest BCUT2D eigenvalue weighted by Crippen LogP contribution is 2.30. The number of anilines is 1. The Kier molecular flexibility index (Phi) is 4.38. The van der Waals surface area contributed by atoms with Crippen molar-refractivity contribution in [3.8, 4) is 0 Å². The predicted octanol–water partition coefficient (Wildman–Crippen LogP) is 1.50. The third-order valence-electron chi connectivity index (χ3n) is 3.41. The maximum absolute atomic E-state index is 12.6. The number of β-amino-alcohol motifs (C(OH)–C–C–N with tert-alkyl or cyclic N) is 1. The van der Waals surface area contributed by atoms with Gasteiger partial charge in [0.15, 0.2) is 0 Å². The fraction of sp³-hybridized carbons (Fsp3) is 0.462. The molecule has 0 bridgehead atoms. The summed E-state index contributed by atoms with van der Waals surface area (Å²) in [6, 6.07) is 3.44. The van der Waals surface area contributed by atoms with Gasteiger partial charge in [-0.2, -0.15) is 13.2 Å². The molecule has 1 aromatic carbocycles. The van der Waals surface area contributed by atoms with Gasteiger partial charge in [-0.1, -0.05) is 6.07 Å². The van der Waals surface area contributed by atoms with Crippen LogP contribution in [-0.2, 0) is 6.18 Å². The monoisotopic (exact) mass is 303 g/mol. The number of hydrogen-bond acceptors (Lipinski definition) is 3. The Hall–Kier alpha value is -1.80. The standard InChI is InChI=1S/C13H16F3N3O2/c1-19(10-6-17-7-11(10)20)12(21)18-9-4-2-3-8(5-9)13(14,15)16/h2-5,10-11,17,20H,6-7H2,1H3,(H,18,21)/t10-,11-/m0/s1. The van der Waals surface area contributed by atoms with Crippen LogP contribution in [0.3, 0.4) is 0 Å². The first kappa shape index (κ1) is 15.6. The third kappa shape index (κ3) is 3.64. The molecule has 3 N–H and O–H groups in total. The lowest BCUT2D eigenvalue weighted by atomic mass is 10.2. The van der Waals surface area contributed by atoms with E-state index < -0.39 is 29.9 Å². The molecule has 1 fully saturated rings. The molecule has 0 radical (unpaired) electrons. The molecular formula is C13H16F3N3O2. The summed E-state index contributed by atoms with van der Waals surface area (Å²) in [7, 11) is 1.49. The van der Waals surface area contributed by atoms with E-state index in [0.29, 0.717) is 13.1 Å². The number of nitrogens with zero attached hydrogens (tertiary/aromatic N) is 1. The van der Waals surface area contributed by atoms with E-state index in [1.165, 1.54) is 24.1 Å². The molecule has 116 valence electrons. The van der Waals surface area contributed by atoms with Crippen LogP contribution in [0.1, 0.15) is 5.56 Å². The Labute approximate surface area is 119 Å². The zero-order valence-corrected chi connectivity index (χ0v) is 11.3. The number of benzene rings is 1. The summed E-state index contributed by atoms with van der Waals surface area (Å²) in [5.41, 5.74) is -0.771. The molecular weight excluding hydrogens is 287 g/mol. The van der Waals surface area contributed by atoms with Gasteiger partial charge in [0.1, 0.15) is 0 Å². The first-order chi connectivity index (χ1) is 9.79. The van der Waals surface area contributed by atoms with Crippen molar-refractivity contribution < 1.29 is 23.1 Å². The summed E-state index contributed by atoms with van der Waals surface area (Å²) in [4.78, 5) is 13.3. The quantitative estimate of drug-likeness (QED) is 0.776. The van der Waals surface area contributed by atoms with E-state index in [0.717, 1.165) is 12.1 Å². The molecule has 1 aliphatic rings. The van der Waals surface area contributed by atoms with Gasteiger partial charge in [0, 0.05) is 25.8 Å². The lowest BCUT2D eigenvalue weighted by molar-refractivity contribution is -0.137. The Morgan fingerprint density at radius 1 is 1.43 bits per heavy atom. The highest BCUT2D eigenvalue weighted by molar-refractivity contribution is 5.89. The van der Waals surface area contributed by atoms with E-state index in [9.17, 15) is 23.1 Å². The van der Waals surface area contributed by atoms with Crippen LogP contribution in [0.25, 0.3) is 0 Å². The van der Waals surface area contributed by atoms with Gasteiger partial charge in [-0.3, -0.25) is 0 Å². The summed E-state index contributed by atoms with van der Waals surface area (Å²) >= 11 is 0. The average Bonchev–Trinajstić information content (AvgIpc) is 2.83. The van der Waals surface area contributed by atoms with Crippen molar-refractivity contribution in [2.45, 2.75) is 18.3 Å². The summed E-state index contributed by atoms with van der Waals surface area (Å²) in [6.07, 6.45) is -5.15. The molecule has 2 rings (SSSR count). The zero-order chi connectivity index (χ0) is 15.6. The second-order valence-corrected chi connectivity index (χ2v) is 4.91. The normalized spacial score (nSPS) is 22.1. The molecule has 0 aliphatic carbocycles. The second kappa shape index (κ2) is 5.90. The van der Waals surface area contributed by atoms with E-state index in [1.807, 2.05) is 0 Å². The number of amides is 2. The third-order valence-corrected chi connectivity index (χ3v) is 3.41. The number of rotatable bonds is 2. The molecule has 2 amide bonds. The van der Waals surface area contributed by atoms with Gasteiger partial charge in [0.25, 0.3) is 0 Å². The molecule has 21 heavy (non-hydrogen) atoms. The zero-order valence-electron chi connectivity index (χ0n) is 11.3. The Bertz CT molecular complexity index is 522. The van der Waals surface area contributed by atoms with Crippen LogP contribution in [0.5, 0.6) is 0 Å². The molecule has 1 saturated heterocycles. The lowest BCUT2D eigenvalue weighted by Crippen LogP contribution is -2.46. The van der Waals surface area contributed by atoms with Gasteiger partial charge < -0.3 is 20.6 Å². The van der Waals surface area contributed by atoms with Crippen molar-refractivity contribution in [1.82, 2.24) is 10.2 Å². The maximum atomic E-state index is 12.6. The molecule has 0 unspecified atom stereocenters. The largest absolute Gasteiger partial charge is 0.416 e. The summed E-state index contributed by atoms with van der Waals surface area (Å²) in [5, 5.41) is 15.0. The van der Waals surface area contributed by atoms with Gasteiger partial charge in [-0.25, -0.2) is 4.79 Å². The minimum atomic E-state index is -4.46. The topological polar surface area (TPSA) is 64.6 Å². The molecule has 1 aliphatic heterocycles. The van der Waals surface area contributed by atoms with E-state index >= 15 is 0 Å². The van der Waals surface area contributed by atoms with Gasteiger partial charge >= 0.3 is 12.2 Å². The van der Waals surface area contributed by atoms with Crippen molar-refractivity contribution in [3.05, 3.63) is 29.8 Å². The number of carbonyl (C=O) groups excluding carboxylic acids is 1. The maximum Gasteiger partial charge on any atom is 0.416 e. The highest BCUT2D eigenvalue weighted by Gasteiger charge is 2.32. The van der Waals surface area contributed by atoms with Crippen LogP contribution in [0.4, 0.5) is 23.7 Å². The fourth-order valence-corrected chi connectivity index (χ4v) is 2.18. The minimum absolute atomic E-state index is 0.0575. The summed E-state index contributed by atoms with van der Waals surface area (Å²) in [6.45, 7) is 0.819. The first-order valence-corrected chi connectivity index (χ1v) is 6.39. The number of nitrogens with one attached hydrogen (secondary N) is 2. The van der Waals surface area contributed by atoms with Crippen molar-refractivity contribution in [1.29, 1.82) is 0 Å². The van der Waals surface area contributed by atoms with Crippen molar-refractivity contribution in [3.63, 3.8) is 0 Å². The SMILES string of the molecule is CN(C(=O)Nc1cccc(C(F)(F)F)c1)[C@H]1CNC[C@@H]1O. The Balaban J connectivity index is 2.06. The fourth-order valence-electron chi connectivity index (χ4n) is 2.18. The number of carbonyl (C=O) groups is 1. The average molecular weight is 303 g/mol. The summed E-state index contributed by atoms with van der Waals surface area (Å²) < 4.78 is 37.8. The minimum Gasteiger partial charge on any atom is -0.390 e. The van der Waals surface area contributed by atoms with Crippen molar-refractivity contribution in [2.75, 3.05) is 25.5 Å². The Morgan fingerprint density at radius 3 is 2.71 bits per heavy atom.